The third-order valence-electron chi connectivity index (χ3n) is 4.64. The van der Waals surface area contributed by atoms with Crippen LogP contribution in [0.15, 0.2) is 49.1 Å². The number of nitrogens with zero attached hydrogens (tertiary/aromatic N) is 5. The van der Waals surface area contributed by atoms with Gasteiger partial charge in [0.15, 0.2) is 11.3 Å². The Morgan fingerprint density at radius 1 is 0.967 bits per heavy atom. The SMILES string of the molecule is Cc1nc2nc(NC(C)c3cccnc3)nc(C(=O)NC(C)c3cccnc3)c2s1. The third-order valence-corrected chi connectivity index (χ3v) is 5.60. The zero-order valence-corrected chi connectivity index (χ0v) is 17.6. The molecule has 9 heteroatoms. The Labute approximate surface area is 177 Å². The highest BCUT2D eigenvalue weighted by molar-refractivity contribution is 7.18. The monoisotopic (exact) mass is 419 g/mol. The number of fused-ring (bicyclic) bond motifs is 1. The molecule has 0 bridgehead atoms. The van der Waals surface area contributed by atoms with Gasteiger partial charge < -0.3 is 10.6 Å². The Morgan fingerprint density at radius 2 is 1.63 bits per heavy atom. The van der Waals surface area contributed by atoms with Gasteiger partial charge in [0.1, 0.15) is 4.70 Å². The molecule has 8 nitrogen and oxygen atoms in total. The molecule has 0 saturated heterocycles. The number of aromatic nitrogens is 5. The number of thiazole rings is 1. The molecule has 0 aliphatic carbocycles. The van der Waals surface area contributed by atoms with Gasteiger partial charge in [0.05, 0.1) is 17.1 Å². The van der Waals surface area contributed by atoms with Crippen LogP contribution in [0.5, 0.6) is 0 Å². The average Bonchev–Trinajstić information content (AvgIpc) is 3.14. The highest BCUT2D eigenvalue weighted by Crippen LogP contribution is 2.26. The number of amides is 1. The number of anilines is 1. The minimum absolute atomic E-state index is 0.0823. The molecule has 0 aromatic carbocycles. The number of hydrogen-bond donors (Lipinski definition) is 2. The summed E-state index contributed by atoms with van der Waals surface area (Å²) in [5.74, 6) is 0.0721. The highest BCUT2D eigenvalue weighted by atomic mass is 32.1. The molecule has 152 valence electrons. The van der Waals surface area contributed by atoms with Crippen molar-refractivity contribution in [3.05, 3.63) is 70.9 Å². The highest BCUT2D eigenvalue weighted by Gasteiger charge is 2.21. The summed E-state index contributed by atoms with van der Waals surface area (Å²) in [7, 11) is 0. The fourth-order valence-electron chi connectivity index (χ4n) is 3.04. The lowest BCUT2D eigenvalue weighted by atomic mass is 10.1. The Bertz CT molecular complexity index is 1160. The van der Waals surface area contributed by atoms with Crippen LogP contribution in [-0.4, -0.2) is 30.8 Å². The Balaban J connectivity index is 1.64. The first-order chi connectivity index (χ1) is 14.5. The smallest absolute Gasteiger partial charge is 0.272 e. The van der Waals surface area contributed by atoms with E-state index in [1.165, 1.54) is 11.3 Å². The van der Waals surface area contributed by atoms with E-state index in [0.717, 1.165) is 16.1 Å². The quantitative estimate of drug-likeness (QED) is 0.489. The zero-order chi connectivity index (χ0) is 21.1. The molecule has 0 aliphatic rings. The molecular formula is C21H21N7OS. The van der Waals surface area contributed by atoms with Crippen LogP contribution in [0.4, 0.5) is 5.95 Å². The van der Waals surface area contributed by atoms with Crippen LogP contribution in [0.3, 0.4) is 0 Å². The van der Waals surface area contributed by atoms with E-state index < -0.39 is 0 Å². The predicted octanol–water partition coefficient (Wildman–Crippen LogP) is 3.85. The summed E-state index contributed by atoms with van der Waals surface area (Å²) in [4.78, 5) is 34.8. The molecule has 4 heterocycles. The van der Waals surface area contributed by atoms with Gasteiger partial charge in [0.2, 0.25) is 5.95 Å². The molecule has 30 heavy (non-hydrogen) atoms. The predicted molar refractivity (Wildman–Crippen MR) is 116 cm³/mol. The average molecular weight is 420 g/mol. The van der Waals surface area contributed by atoms with E-state index >= 15 is 0 Å². The second kappa shape index (κ2) is 8.50. The topological polar surface area (TPSA) is 106 Å². The minimum Gasteiger partial charge on any atom is -0.348 e. The maximum absolute atomic E-state index is 13.1. The lowest BCUT2D eigenvalue weighted by Gasteiger charge is -2.16. The standard InChI is InChI=1S/C21H21N7OS/c1-12(15-6-4-8-22-10-15)24-20(29)17-18-19(26-14(3)30-18)28-21(27-17)25-13(2)16-7-5-9-23-11-16/h4-13H,1-3H3,(H,24,29)(H,25,27,28). The van der Waals surface area contributed by atoms with Gasteiger partial charge in [-0.15, -0.1) is 11.3 Å². The first-order valence-corrected chi connectivity index (χ1v) is 10.4. The van der Waals surface area contributed by atoms with Crippen molar-refractivity contribution in [2.45, 2.75) is 32.9 Å². The molecule has 2 atom stereocenters. The summed E-state index contributed by atoms with van der Waals surface area (Å²) < 4.78 is 0.669. The molecule has 2 N–H and O–H groups in total. The Hall–Kier alpha value is -3.46. The lowest BCUT2D eigenvalue weighted by molar-refractivity contribution is 0.0937. The normalized spacial score (nSPS) is 13.0. The molecule has 4 aromatic rings. The largest absolute Gasteiger partial charge is 0.348 e. The van der Waals surface area contributed by atoms with Crippen molar-refractivity contribution in [2.75, 3.05) is 5.32 Å². The number of pyridine rings is 2. The van der Waals surface area contributed by atoms with Gasteiger partial charge in [0.25, 0.3) is 5.91 Å². The number of carbonyl (C=O) groups excluding carboxylic acids is 1. The lowest BCUT2D eigenvalue weighted by Crippen LogP contribution is -2.28. The molecule has 0 fully saturated rings. The Kier molecular flexibility index (Phi) is 5.62. The molecule has 4 rings (SSSR count). The number of nitrogens with one attached hydrogen (secondary N) is 2. The maximum atomic E-state index is 13.1. The maximum Gasteiger partial charge on any atom is 0.272 e. The van der Waals surface area contributed by atoms with Crippen molar-refractivity contribution in [1.82, 2.24) is 30.2 Å². The summed E-state index contributed by atoms with van der Waals surface area (Å²) in [5.41, 5.74) is 2.72. The molecule has 0 spiro atoms. The summed E-state index contributed by atoms with van der Waals surface area (Å²) >= 11 is 1.41. The van der Waals surface area contributed by atoms with Crippen molar-refractivity contribution >= 4 is 33.5 Å². The fraction of sp³-hybridized carbons (Fsp3) is 0.238. The molecule has 0 saturated carbocycles. The molecule has 0 aliphatic heterocycles. The van der Waals surface area contributed by atoms with E-state index in [2.05, 4.69) is 35.6 Å². The minimum atomic E-state index is -0.278. The van der Waals surface area contributed by atoms with E-state index in [9.17, 15) is 4.79 Å². The van der Waals surface area contributed by atoms with Crippen LogP contribution in [0.25, 0.3) is 10.3 Å². The van der Waals surface area contributed by atoms with Crippen LogP contribution < -0.4 is 10.6 Å². The summed E-state index contributed by atoms with van der Waals surface area (Å²) in [6.45, 7) is 5.79. The van der Waals surface area contributed by atoms with Crippen LogP contribution in [0.1, 0.15) is 52.6 Å². The second-order valence-corrected chi connectivity index (χ2v) is 8.12. The van der Waals surface area contributed by atoms with Gasteiger partial charge in [-0.3, -0.25) is 14.8 Å². The van der Waals surface area contributed by atoms with Crippen LogP contribution in [-0.2, 0) is 0 Å². The van der Waals surface area contributed by atoms with Gasteiger partial charge in [0, 0.05) is 24.8 Å². The van der Waals surface area contributed by atoms with Crippen molar-refractivity contribution in [3.8, 4) is 0 Å². The number of rotatable bonds is 6. The van der Waals surface area contributed by atoms with E-state index in [1.807, 2.05) is 45.0 Å². The summed E-state index contributed by atoms with van der Waals surface area (Å²) in [6.07, 6.45) is 6.95. The van der Waals surface area contributed by atoms with Crippen molar-refractivity contribution in [1.29, 1.82) is 0 Å². The van der Waals surface area contributed by atoms with Crippen molar-refractivity contribution < 1.29 is 4.79 Å². The van der Waals surface area contributed by atoms with E-state index in [1.54, 1.807) is 24.8 Å². The first kappa shape index (κ1) is 19.8. The van der Waals surface area contributed by atoms with E-state index in [-0.39, 0.29) is 18.0 Å². The van der Waals surface area contributed by atoms with Gasteiger partial charge in [-0.25, -0.2) is 9.97 Å². The third kappa shape index (κ3) is 4.25. The fourth-order valence-corrected chi connectivity index (χ4v) is 3.88. The van der Waals surface area contributed by atoms with Crippen LogP contribution in [0.2, 0.25) is 0 Å². The number of hydrogen-bond acceptors (Lipinski definition) is 8. The first-order valence-electron chi connectivity index (χ1n) is 9.53. The zero-order valence-electron chi connectivity index (χ0n) is 16.8. The molecular weight excluding hydrogens is 398 g/mol. The Morgan fingerprint density at radius 3 is 2.27 bits per heavy atom. The van der Waals surface area contributed by atoms with E-state index in [0.29, 0.717) is 22.0 Å². The van der Waals surface area contributed by atoms with Crippen LogP contribution in [0, 0.1) is 6.92 Å². The number of aryl methyl sites for hydroxylation is 1. The molecule has 0 radical (unpaired) electrons. The van der Waals surface area contributed by atoms with Gasteiger partial charge >= 0.3 is 0 Å². The van der Waals surface area contributed by atoms with Gasteiger partial charge in [-0.05, 0) is 44.0 Å². The van der Waals surface area contributed by atoms with Crippen molar-refractivity contribution in [2.24, 2.45) is 0 Å². The van der Waals surface area contributed by atoms with Crippen molar-refractivity contribution in [3.63, 3.8) is 0 Å². The van der Waals surface area contributed by atoms with Gasteiger partial charge in [-0.2, -0.15) is 4.98 Å². The molecule has 1 amide bonds. The summed E-state index contributed by atoms with van der Waals surface area (Å²) in [6, 6.07) is 7.32. The molecule has 4 aromatic heterocycles. The summed E-state index contributed by atoms with van der Waals surface area (Å²) in [5, 5.41) is 7.08. The molecule has 2 unspecified atom stereocenters. The second-order valence-electron chi connectivity index (χ2n) is 6.92. The van der Waals surface area contributed by atoms with E-state index in [4.69, 9.17) is 0 Å². The van der Waals surface area contributed by atoms with Crippen LogP contribution >= 0.6 is 11.3 Å². The van der Waals surface area contributed by atoms with Gasteiger partial charge in [-0.1, -0.05) is 12.1 Å². The number of carbonyl (C=O) groups is 1.